The Morgan fingerprint density at radius 1 is 0.375 bits per heavy atom. The number of para-hydroxylation sites is 2. The molecular weight excluding hydrogens is 583 g/mol. The number of anilines is 3. The van der Waals surface area contributed by atoms with Crippen LogP contribution >= 0.6 is 0 Å². The highest BCUT2D eigenvalue weighted by molar-refractivity contribution is 6.12. The maximum Gasteiger partial charge on any atom is 0.143 e. The number of nitrogens with zero attached hydrogens (tertiary/aromatic N) is 1. The van der Waals surface area contributed by atoms with E-state index in [4.69, 9.17) is 4.42 Å². The van der Waals surface area contributed by atoms with Gasteiger partial charge in [-0.1, -0.05) is 152 Å². The molecule has 9 aromatic rings. The average Bonchev–Trinajstić information content (AvgIpc) is 3.55. The van der Waals surface area contributed by atoms with E-state index in [0.29, 0.717) is 0 Å². The van der Waals surface area contributed by atoms with Crippen LogP contribution in [0.1, 0.15) is 0 Å². The van der Waals surface area contributed by atoms with Gasteiger partial charge in [-0.3, -0.25) is 0 Å². The Kier molecular flexibility index (Phi) is 6.84. The van der Waals surface area contributed by atoms with Gasteiger partial charge in [-0.15, -0.1) is 0 Å². The van der Waals surface area contributed by atoms with E-state index in [9.17, 15) is 0 Å². The largest absolute Gasteiger partial charge is 0.455 e. The van der Waals surface area contributed by atoms with Crippen molar-refractivity contribution in [1.82, 2.24) is 0 Å². The number of rotatable bonds is 6. The van der Waals surface area contributed by atoms with Crippen LogP contribution in [0.25, 0.3) is 66.1 Å². The average molecular weight is 614 g/mol. The van der Waals surface area contributed by atoms with Crippen LogP contribution in [0.5, 0.6) is 0 Å². The first-order chi connectivity index (χ1) is 23.8. The Balaban J connectivity index is 1.34. The predicted molar refractivity (Wildman–Crippen MR) is 202 cm³/mol. The third-order valence-corrected chi connectivity index (χ3v) is 9.27. The minimum atomic E-state index is 0.890. The van der Waals surface area contributed by atoms with E-state index < -0.39 is 0 Å². The number of benzene rings is 8. The summed E-state index contributed by atoms with van der Waals surface area (Å²) in [5, 5.41) is 4.64. The molecule has 0 spiro atoms. The molecule has 1 aromatic heterocycles. The summed E-state index contributed by atoms with van der Waals surface area (Å²) in [7, 11) is 0. The molecular formula is C46H31NO. The second-order valence-electron chi connectivity index (χ2n) is 12.1. The minimum absolute atomic E-state index is 0.890. The highest BCUT2D eigenvalue weighted by Crippen LogP contribution is 2.48. The van der Waals surface area contributed by atoms with Crippen LogP contribution < -0.4 is 4.90 Å². The lowest BCUT2D eigenvalue weighted by atomic mass is 9.91. The van der Waals surface area contributed by atoms with Crippen molar-refractivity contribution in [2.45, 2.75) is 0 Å². The first-order valence-electron chi connectivity index (χ1n) is 16.4. The summed E-state index contributed by atoms with van der Waals surface area (Å²) in [5.74, 6) is 0. The number of fused-ring (bicyclic) bond motifs is 4. The quantitative estimate of drug-likeness (QED) is 0.185. The van der Waals surface area contributed by atoms with Gasteiger partial charge < -0.3 is 9.32 Å². The fraction of sp³-hybridized carbons (Fsp3) is 0. The number of furan rings is 1. The van der Waals surface area contributed by atoms with Crippen molar-refractivity contribution in [1.29, 1.82) is 0 Å². The lowest BCUT2D eigenvalue weighted by molar-refractivity contribution is 0.670. The molecule has 9 rings (SSSR count). The van der Waals surface area contributed by atoms with E-state index >= 15 is 0 Å². The second-order valence-corrected chi connectivity index (χ2v) is 12.1. The molecule has 0 unspecified atom stereocenters. The van der Waals surface area contributed by atoms with Gasteiger partial charge in [-0.2, -0.15) is 0 Å². The normalized spacial score (nSPS) is 11.3. The smallest absolute Gasteiger partial charge is 0.143 e. The van der Waals surface area contributed by atoms with E-state index in [1.54, 1.807) is 0 Å². The Morgan fingerprint density at radius 2 is 0.979 bits per heavy atom. The zero-order valence-electron chi connectivity index (χ0n) is 26.3. The van der Waals surface area contributed by atoms with E-state index in [2.05, 4.69) is 187 Å². The zero-order valence-corrected chi connectivity index (χ0v) is 26.3. The zero-order chi connectivity index (χ0) is 31.9. The van der Waals surface area contributed by atoms with Crippen molar-refractivity contribution in [3.05, 3.63) is 188 Å². The van der Waals surface area contributed by atoms with E-state index in [1.807, 2.05) is 6.07 Å². The van der Waals surface area contributed by atoms with Crippen LogP contribution in [0.2, 0.25) is 0 Å². The molecule has 226 valence electrons. The summed E-state index contributed by atoms with van der Waals surface area (Å²) in [6, 6.07) is 66.9. The molecule has 8 aromatic carbocycles. The van der Waals surface area contributed by atoms with Crippen molar-refractivity contribution >= 4 is 49.8 Å². The van der Waals surface area contributed by atoms with Gasteiger partial charge in [0.15, 0.2) is 0 Å². The molecule has 0 aliphatic rings. The Hall–Kier alpha value is -6.38. The van der Waals surface area contributed by atoms with Crippen LogP contribution in [-0.4, -0.2) is 0 Å². The van der Waals surface area contributed by atoms with E-state index in [0.717, 1.165) is 61.3 Å². The number of hydrogen-bond acceptors (Lipinski definition) is 2. The Bertz CT molecular complexity index is 2550. The predicted octanol–water partition coefficient (Wildman–Crippen LogP) is 13.2. The van der Waals surface area contributed by atoms with Crippen molar-refractivity contribution in [3.8, 4) is 33.4 Å². The third-order valence-electron chi connectivity index (χ3n) is 9.27. The summed E-state index contributed by atoms with van der Waals surface area (Å²) in [4.78, 5) is 2.39. The van der Waals surface area contributed by atoms with Gasteiger partial charge in [-0.05, 0) is 69.4 Å². The van der Waals surface area contributed by atoms with Gasteiger partial charge in [0.25, 0.3) is 0 Å². The highest BCUT2D eigenvalue weighted by atomic mass is 16.3. The Morgan fingerprint density at radius 3 is 1.79 bits per heavy atom. The monoisotopic (exact) mass is 613 g/mol. The molecule has 0 aliphatic carbocycles. The van der Waals surface area contributed by atoms with Crippen LogP contribution in [0, 0.1) is 0 Å². The molecule has 1 heterocycles. The van der Waals surface area contributed by atoms with Crippen LogP contribution in [0.4, 0.5) is 17.1 Å². The maximum atomic E-state index is 6.68. The first kappa shape index (κ1) is 27.9. The molecule has 0 saturated carbocycles. The summed E-state index contributed by atoms with van der Waals surface area (Å²) in [6.07, 6.45) is 0. The van der Waals surface area contributed by atoms with Gasteiger partial charge in [0.1, 0.15) is 11.2 Å². The molecule has 0 saturated heterocycles. The molecule has 2 nitrogen and oxygen atoms in total. The van der Waals surface area contributed by atoms with Crippen molar-refractivity contribution in [3.63, 3.8) is 0 Å². The van der Waals surface area contributed by atoms with Crippen LogP contribution in [0.3, 0.4) is 0 Å². The molecule has 2 heteroatoms. The van der Waals surface area contributed by atoms with Gasteiger partial charge in [0.05, 0.1) is 5.69 Å². The lowest BCUT2D eigenvalue weighted by Gasteiger charge is -2.29. The summed E-state index contributed by atoms with van der Waals surface area (Å²) in [6.45, 7) is 0. The second kappa shape index (κ2) is 11.8. The molecule has 0 radical (unpaired) electrons. The van der Waals surface area contributed by atoms with Gasteiger partial charge in [0, 0.05) is 33.3 Å². The van der Waals surface area contributed by atoms with Crippen molar-refractivity contribution < 1.29 is 4.42 Å². The number of hydrogen-bond donors (Lipinski definition) is 0. The summed E-state index contributed by atoms with van der Waals surface area (Å²) < 4.78 is 6.68. The van der Waals surface area contributed by atoms with Gasteiger partial charge >= 0.3 is 0 Å². The van der Waals surface area contributed by atoms with E-state index in [-0.39, 0.29) is 0 Å². The van der Waals surface area contributed by atoms with Crippen LogP contribution in [0.15, 0.2) is 192 Å². The van der Waals surface area contributed by atoms with Gasteiger partial charge in [0.2, 0.25) is 0 Å². The topological polar surface area (TPSA) is 16.4 Å². The molecule has 0 fully saturated rings. The minimum Gasteiger partial charge on any atom is -0.455 e. The summed E-state index contributed by atoms with van der Waals surface area (Å²) >= 11 is 0. The lowest BCUT2D eigenvalue weighted by Crippen LogP contribution is -2.12. The fourth-order valence-corrected chi connectivity index (χ4v) is 6.99. The van der Waals surface area contributed by atoms with Crippen molar-refractivity contribution in [2.24, 2.45) is 0 Å². The Labute approximate surface area is 279 Å². The maximum absolute atomic E-state index is 6.68. The SMILES string of the molecule is c1ccc(-c2ccc(N(c3ccc4ccccc4c3)c3cccc(-c4ccccc4)c3-c3cccc4c3oc3ccccc34)cc2)cc1. The standard InChI is InChI=1S/C46H31NO/c1-3-13-32(14-4-1)34-25-28-37(29-26-34)47(38-30-27-33-15-7-8-18-36(33)31-38)43-23-12-20-39(35-16-5-2-6-17-35)45(43)42-22-11-21-41-40-19-9-10-24-44(40)48-46(41)42/h1-31H. The first-order valence-corrected chi connectivity index (χ1v) is 16.4. The third kappa shape index (κ3) is 4.83. The molecule has 0 bridgehead atoms. The fourth-order valence-electron chi connectivity index (χ4n) is 6.99. The molecule has 0 amide bonds. The highest BCUT2D eigenvalue weighted by Gasteiger charge is 2.23. The molecule has 48 heavy (non-hydrogen) atoms. The molecule has 0 N–H and O–H groups in total. The molecule has 0 aliphatic heterocycles. The van der Waals surface area contributed by atoms with Gasteiger partial charge in [-0.25, -0.2) is 0 Å². The molecule has 0 atom stereocenters. The summed E-state index contributed by atoms with van der Waals surface area (Å²) in [5.41, 5.74) is 11.9. The van der Waals surface area contributed by atoms with Crippen molar-refractivity contribution in [2.75, 3.05) is 4.90 Å². The van der Waals surface area contributed by atoms with E-state index in [1.165, 1.54) is 21.9 Å². The van der Waals surface area contributed by atoms with Crippen LogP contribution in [-0.2, 0) is 0 Å².